The number of para-hydroxylation sites is 1. The van der Waals surface area contributed by atoms with Gasteiger partial charge in [-0.05, 0) is 13.0 Å². The number of hydrogen-bond donors (Lipinski definition) is 3. The molecule has 210 valence electrons. The molecule has 1 aromatic heterocycles. The highest BCUT2D eigenvalue weighted by molar-refractivity contribution is 5.76. The molecule has 11 nitrogen and oxygen atoms in total. The van der Waals surface area contributed by atoms with Gasteiger partial charge < -0.3 is 25.6 Å². The molecule has 0 aliphatic heterocycles. The monoisotopic (exact) mass is 551 g/mol. The van der Waals surface area contributed by atoms with Crippen LogP contribution in [0.5, 0.6) is 5.75 Å². The molecule has 0 fully saturated rings. The van der Waals surface area contributed by atoms with E-state index >= 15 is 0 Å². The van der Waals surface area contributed by atoms with Gasteiger partial charge in [-0.15, -0.1) is 5.10 Å². The van der Waals surface area contributed by atoms with Gasteiger partial charge in [-0.3, -0.25) is 9.36 Å². The van der Waals surface area contributed by atoms with E-state index < -0.39 is 49.1 Å². The van der Waals surface area contributed by atoms with Gasteiger partial charge in [-0.1, -0.05) is 48.0 Å². The number of rotatable bonds is 11. The van der Waals surface area contributed by atoms with Crippen molar-refractivity contribution in [2.24, 2.45) is 5.73 Å². The number of primary amides is 1. The van der Waals surface area contributed by atoms with Crippen LogP contribution in [-0.2, 0) is 22.6 Å². The SMILES string of the molecule is COc1ccccc1C(CCOC(N)=O)NC(=O)Cn1nc(-c2ccc(C)cc2)n(C[C@H](O)C(F)(F)F)c1=O. The summed E-state index contributed by atoms with van der Waals surface area (Å²) in [4.78, 5) is 37.1. The largest absolute Gasteiger partial charge is 0.496 e. The summed E-state index contributed by atoms with van der Waals surface area (Å²) < 4.78 is 50.8. The number of carbonyl (C=O) groups is 2. The smallest absolute Gasteiger partial charge is 0.416 e. The van der Waals surface area contributed by atoms with Gasteiger partial charge in [0.1, 0.15) is 12.3 Å². The maximum Gasteiger partial charge on any atom is 0.416 e. The maximum absolute atomic E-state index is 13.1. The number of aliphatic hydroxyl groups excluding tert-OH is 1. The molecule has 0 aliphatic rings. The van der Waals surface area contributed by atoms with E-state index in [2.05, 4.69) is 10.4 Å². The number of nitrogens with two attached hydrogens (primary N) is 1. The predicted octanol–water partition coefficient (Wildman–Crippen LogP) is 2.29. The van der Waals surface area contributed by atoms with E-state index in [4.69, 9.17) is 15.2 Å². The van der Waals surface area contributed by atoms with Gasteiger partial charge in [0.15, 0.2) is 11.9 Å². The van der Waals surface area contributed by atoms with Crippen molar-refractivity contribution in [1.82, 2.24) is 19.7 Å². The Morgan fingerprint density at radius 1 is 1.15 bits per heavy atom. The molecule has 3 aromatic rings. The van der Waals surface area contributed by atoms with Crippen LogP contribution in [-0.4, -0.2) is 57.5 Å². The summed E-state index contributed by atoms with van der Waals surface area (Å²) in [6, 6.07) is 12.5. The van der Waals surface area contributed by atoms with Crippen molar-refractivity contribution in [3.8, 4) is 17.1 Å². The number of amides is 2. The van der Waals surface area contributed by atoms with Crippen molar-refractivity contribution in [2.45, 2.75) is 44.8 Å². The van der Waals surface area contributed by atoms with Crippen LogP contribution >= 0.6 is 0 Å². The lowest BCUT2D eigenvalue weighted by molar-refractivity contribution is -0.207. The van der Waals surface area contributed by atoms with Crippen LogP contribution in [0.4, 0.5) is 18.0 Å². The highest BCUT2D eigenvalue weighted by Gasteiger charge is 2.39. The summed E-state index contributed by atoms with van der Waals surface area (Å²) in [5.74, 6) is -0.415. The number of nitrogens with zero attached hydrogens (tertiary/aromatic N) is 3. The number of nitrogens with one attached hydrogen (secondary N) is 1. The topological polar surface area (TPSA) is 151 Å². The Morgan fingerprint density at radius 2 is 1.82 bits per heavy atom. The van der Waals surface area contributed by atoms with Crippen LogP contribution in [0.1, 0.15) is 23.6 Å². The number of carbonyl (C=O) groups excluding carboxylic acids is 2. The third-order valence-corrected chi connectivity index (χ3v) is 5.76. The second-order valence-corrected chi connectivity index (χ2v) is 8.62. The molecule has 1 unspecified atom stereocenters. The first-order valence-electron chi connectivity index (χ1n) is 11.7. The molecular formula is C25H28F3N5O6. The molecular weight excluding hydrogens is 523 g/mol. The fraction of sp³-hybridized carbons (Fsp3) is 0.360. The zero-order valence-corrected chi connectivity index (χ0v) is 21.1. The Labute approximate surface area is 220 Å². The fourth-order valence-electron chi connectivity index (χ4n) is 3.81. The second kappa shape index (κ2) is 12.5. The first-order valence-corrected chi connectivity index (χ1v) is 11.7. The van der Waals surface area contributed by atoms with E-state index in [-0.39, 0.29) is 18.9 Å². The first kappa shape index (κ1) is 29.2. The van der Waals surface area contributed by atoms with E-state index in [1.165, 1.54) is 7.11 Å². The minimum atomic E-state index is -4.97. The van der Waals surface area contributed by atoms with E-state index in [1.54, 1.807) is 55.5 Å². The Bertz CT molecular complexity index is 1350. The average molecular weight is 552 g/mol. The molecule has 39 heavy (non-hydrogen) atoms. The number of aromatic nitrogens is 3. The molecule has 0 saturated carbocycles. The molecule has 4 N–H and O–H groups in total. The van der Waals surface area contributed by atoms with Crippen molar-refractivity contribution in [3.05, 3.63) is 70.1 Å². The molecule has 2 aromatic carbocycles. The molecule has 0 saturated heterocycles. The summed E-state index contributed by atoms with van der Waals surface area (Å²) in [7, 11) is 1.44. The number of aryl methyl sites for hydroxylation is 1. The van der Waals surface area contributed by atoms with Crippen molar-refractivity contribution in [2.75, 3.05) is 13.7 Å². The summed E-state index contributed by atoms with van der Waals surface area (Å²) >= 11 is 0. The third kappa shape index (κ3) is 7.60. The van der Waals surface area contributed by atoms with Gasteiger partial charge in [-0.25, -0.2) is 14.3 Å². The normalized spacial score (nSPS) is 13.0. The maximum atomic E-state index is 13.1. The van der Waals surface area contributed by atoms with Crippen LogP contribution in [0.3, 0.4) is 0 Å². The third-order valence-electron chi connectivity index (χ3n) is 5.76. The van der Waals surface area contributed by atoms with Crippen LogP contribution in [0.15, 0.2) is 53.3 Å². The summed E-state index contributed by atoms with van der Waals surface area (Å²) in [5.41, 5.74) is 5.73. The van der Waals surface area contributed by atoms with Crippen molar-refractivity contribution in [1.29, 1.82) is 0 Å². The lowest BCUT2D eigenvalue weighted by Gasteiger charge is -2.21. The predicted molar refractivity (Wildman–Crippen MR) is 133 cm³/mol. The van der Waals surface area contributed by atoms with E-state index in [0.29, 0.717) is 26.1 Å². The van der Waals surface area contributed by atoms with Crippen LogP contribution in [0, 0.1) is 6.92 Å². The minimum Gasteiger partial charge on any atom is -0.496 e. The highest BCUT2D eigenvalue weighted by Crippen LogP contribution is 2.27. The second-order valence-electron chi connectivity index (χ2n) is 8.62. The number of hydrogen-bond acceptors (Lipinski definition) is 7. The lowest BCUT2D eigenvalue weighted by atomic mass is 10.0. The van der Waals surface area contributed by atoms with Gasteiger partial charge >= 0.3 is 18.0 Å². The summed E-state index contributed by atoms with van der Waals surface area (Å²) in [5, 5.41) is 16.4. The molecule has 0 spiro atoms. The lowest BCUT2D eigenvalue weighted by Crippen LogP contribution is -2.39. The van der Waals surface area contributed by atoms with Gasteiger partial charge in [0.2, 0.25) is 5.91 Å². The number of benzene rings is 2. The molecule has 0 aliphatic carbocycles. The number of aliphatic hydroxyl groups is 1. The quantitative estimate of drug-likeness (QED) is 0.331. The molecule has 14 heteroatoms. The van der Waals surface area contributed by atoms with E-state index in [9.17, 15) is 32.7 Å². The van der Waals surface area contributed by atoms with Crippen molar-refractivity contribution >= 4 is 12.0 Å². The van der Waals surface area contributed by atoms with Crippen LogP contribution in [0.2, 0.25) is 0 Å². The van der Waals surface area contributed by atoms with Gasteiger partial charge in [0.25, 0.3) is 0 Å². The molecule has 0 bridgehead atoms. The molecule has 2 atom stereocenters. The zero-order chi connectivity index (χ0) is 28.7. The summed E-state index contributed by atoms with van der Waals surface area (Å²) in [6.07, 6.45) is -8.70. The standard InChI is InChI=1S/C25H28F3N5O6/c1-15-7-9-16(10-8-15)22-31-33(24(37)32(22)13-20(34)25(26,27)28)14-21(35)30-18(11-12-39-23(29)36)17-5-3-4-6-19(17)38-2/h3-10,18,20,34H,11-14H2,1-2H3,(H2,29,36)(H,30,35)/t18?,20-/m0/s1. The Hall–Kier alpha value is -4.33. The van der Waals surface area contributed by atoms with Gasteiger partial charge in [0, 0.05) is 17.5 Å². The average Bonchev–Trinajstić information content (AvgIpc) is 3.17. The molecule has 2 amide bonds. The number of alkyl halides is 3. The molecule has 0 radical (unpaired) electrons. The fourth-order valence-corrected chi connectivity index (χ4v) is 3.81. The first-order chi connectivity index (χ1) is 18.4. The van der Waals surface area contributed by atoms with E-state index in [0.717, 1.165) is 5.56 Å². The number of ether oxygens (including phenoxy) is 2. The Kier molecular flexibility index (Phi) is 9.35. The molecule has 3 rings (SSSR count). The van der Waals surface area contributed by atoms with Crippen LogP contribution in [0.25, 0.3) is 11.4 Å². The van der Waals surface area contributed by atoms with Gasteiger partial charge in [0.05, 0.1) is 26.3 Å². The van der Waals surface area contributed by atoms with Crippen LogP contribution < -0.4 is 21.5 Å². The minimum absolute atomic E-state index is 0.102. The van der Waals surface area contributed by atoms with E-state index in [1.807, 2.05) is 0 Å². The Balaban J connectivity index is 1.91. The number of halogens is 3. The molecule has 1 heterocycles. The van der Waals surface area contributed by atoms with Crippen molar-refractivity contribution < 1.29 is 37.3 Å². The highest BCUT2D eigenvalue weighted by atomic mass is 19.4. The van der Waals surface area contributed by atoms with Crippen molar-refractivity contribution in [3.63, 3.8) is 0 Å². The zero-order valence-electron chi connectivity index (χ0n) is 21.1. The number of methoxy groups -OCH3 is 1. The Morgan fingerprint density at radius 3 is 2.44 bits per heavy atom. The van der Waals surface area contributed by atoms with Gasteiger partial charge in [-0.2, -0.15) is 13.2 Å². The summed E-state index contributed by atoms with van der Waals surface area (Å²) in [6.45, 7) is -0.0871.